The van der Waals surface area contributed by atoms with Crippen LogP contribution in [0, 0.1) is 16.2 Å². The Kier molecular flexibility index (Phi) is 10.6. The number of aliphatic hydroxyl groups excluding tert-OH is 2. The summed E-state index contributed by atoms with van der Waals surface area (Å²) in [5.41, 5.74) is -0.314. The minimum Gasteiger partial charge on any atom is -0.396 e. The molecule has 0 aromatic rings. The molecule has 0 heterocycles. The largest absolute Gasteiger partial charge is 0.396 e. The second-order valence-corrected chi connectivity index (χ2v) is 7.88. The highest BCUT2D eigenvalue weighted by atomic mass is 16.5. The summed E-state index contributed by atoms with van der Waals surface area (Å²) in [7, 11) is 0. The number of rotatable bonds is 14. The van der Waals surface area contributed by atoms with Crippen LogP contribution in [0.4, 0.5) is 0 Å². The number of aliphatic hydroxyl groups is 2. The van der Waals surface area contributed by atoms with Crippen molar-refractivity contribution >= 4 is 0 Å². The van der Waals surface area contributed by atoms with Crippen LogP contribution in [-0.2, 0) is 9.47 Å². The predicted molar refractivity (Wildman–Crippen MR) is 95.6 cm³/mol. The molecule has 4 heteroatoms. The Bertz CT molecular complexity index is 285. The first-order valence-corrected chi connectivity index (χ1v) is 9.15. The molecule has 0 atom stereocenters. The molecule has 0 fully saturated rings. The van der Waals surface area contributed by atoms with E-state index in [1.807, 2.05) is 13.8 Å². The maximum absolute atomic E-state index is 9.65. The van der Waals surface area contributed by atoms with E-state index in [1.165, 1.54) is 0 Å². The lowest BCUT2D eigenvalue weighted by Crippen LogP contribution is -2.37. The molecular formula is C19H40O4. The Labute approximate surface area is 143 Å². The van der Waals surface area contributed by atoms with E-state index in [1.54, 1.807) is 0 Å². The summed E-state index contributed by atoms with van der Waals surface area (Å²) in [4.78, 5) is 0. The smallest absolute Gasteiger partial charge is 0.0544 e. The molecule has 0 saturated heterocycles. The minimum absolute atomic E-state index is 0.00815. The summed E-state index contributed by atoms with van der Waals surface area (Å²) in [5.74, 6) is 0. The summed E-state index contributed by atoms with van der Waals surface area (Å²) < 4.78 is 11.9. The molecule has 0 aliphatic rings. The van der Waals surface area contributed by atoms with Gasteiger partial charge in [0.2, 0.25) is 0 Å². The van der Waals surface area contributed by atoms with Crippen molar-refractivity contribution in [2.45, 2.75) is 67.2 Å². The van der Waals surface area contributed by atoms with Crippen LogP contribution < -0.4 is 0 Å². The highest BCUT2D eigenvalue weighted by molar-refractivity contribution is 4.79. The first-order chi connectivity index (χ1) is 10.8. The van der Waals surface area contributed by atoms with Gasteiger partial charge in [0.1, 0.15) is 0 Å². The molecule has 0 aliphatic heterocycles. The minimum atomic E-state index is -0.204. The van der Waals surface area contributed by atoms with Crippen molar-refractivity contribution in [1.82, 2.24) is 0 Å². The maximum Gasteiger partial charge on any atom is 0.0544 e. The van der Waals surface area contributed by atoms with Gasteiger partial charge in [-0.25, -0.2) is 0 Å². The normalized spacial score (nSPS) is 13.6. The lowest BCUT2D eigenvalue weighted by atomic mass is 9.82. The van der Waals surface area contributed by atoms with Crippen molar-refractivity contribution in [3.63, 3.8) is 0 Å². The van der Waals surface area contributed by atoms with Crippen LogP contribution >= 0.6 is 0 Å². The zero-order valence-corrected chi connectivity index (χ0v) is 16.3. The SMILES string of the molecule is CCC(CC)(CO)COCC(CC)(CC)COCC(C)(C)CO. The molecule has 140 valence electrons. The molecular weight excluding hydrogens is 292 g/mol. The predicted octanol–water partition coefficient (Wildman–Crippen LogP) is 3.64. The van der Waals surface area contributed by atoms with E-state index in [0.29, 0.717) is 26.4 Å². The van der Waals surface area contributed by atoms with E-state index in [9.17, 15) is 10.2 Å². The van der Waals surface area contributed by atoms with Gasteiger partial charge in [-0.1, -0.05) is 41.5 Å². The van der Waals surface area contributed by atoms with E-state index >= 15 is 0 Å². The summed E-state index contributed by atoms with van der Waals surface area (Å²) >= 11 is 0. The first kappa shape index (κ1) is 22.8. The van der Waals surface area contributed by atoms with Crippen LogP contribution in [0.5, 0.6) is 0 Å². The van der Waals surface area contributed by atoms with E-state index in [4.69, 9.17) is 9.47 Å². The monoisotopic (exact) mass is 332 g/mol. The van der Waals surface area contributed by atoms with Crippen molar-refractivity contribution < 1.29 is 19.7 Å². The van der Waals surface area contributed by atoms with E-state index < -0.39 is 0 Å². The van der Waals surface area contributed by atoms with E-state index in [2.05, 4.69) is 27.7 Å². The fourth-order valence-electron chi connectivity index (χ4n) is 2.50. The molecule has 23 heavy (non-hydrogen) atoms. The Morgan fingerprint density at radius 1 is 0.609 bits per heavy atom. The quantitative estimate of drug-likeness (QED) is 0.510. The molecule has 0 saturated carbocycles. The van der Waals surface area contributed by atoms with Crippen LogP contribution in [-0.4, -0.2) is 49.9 Å². The molecule has 0 aromatic carbocycles. The van der Waals surface area contributed by atoms with Gasteiger partial charge in [-0.3, -0.25) is 0 Å². The molecule has 2 N–H and O–H groups in total. The molecule has 0 bridgehead atoms. The number of ether oxygens (including phenoxy) is 2. The van der Waals surface area contributed by atoms with Gasteiger partial charge in [0.15, 0.2) is 0 Å². The van der Waals surface area contributed by atoms with Crippen LogP contribution in [0.1, 0.15) is 67.2 Å². The van der Waals surface area contributed by atoms with Gasteiger partial charge in [-0.15, -0.1) is 0 Å². The van der Waals surface area contributed by atoms with Crippen LogP contribution in [0.2, 0.25) is 0 Å². The van der Waals surface area contributed by atoms with Crippen molar-refractivity contribution in [3.05, 3.63) is 0 Å². The van der Waals surface area contributed by atoms with Crippen molar-refractivity contribution in [1.29, 1.82) is 0 Å². The second-order valence-electron chi connectivity index (χ2n) is 7.88. The van der Waals surface area contributed by atoms with Gasteiger partial charge in [-0.2, -0.15) is 0 Å². The van der Waals surface area contributed by atoms with Gasteiger partial charge in [0.25, 0.3) is 0 Å². The molecule has 0 amide bonds. The lowest BCUT2D eigenvalue weighted by molar-refractivity contribution is -0.0752. The van der Waals surface area contributed by atoms with Crippen LogP contribution in [0.25, 0.3) is 0 Å². The van der Waals surface area contributed by atoms with Gasteiger partial charge in [0, 0.05) is 16.2 Å². The lowest BCUT2D eigenvalue weighted by Gasteiger charge is -2.35. The second kappa shape index (κ2) is 10.7. The Morgan fingerprint density at radius 2 is 1.00 bits per heavy atom. The van der Waals surface area contributed by atoms with E-state index in [0.717, 1.165) is 25.7 Å². The number of hydrogen-bond acceptors (Lipinski definition) is 4. The number of hydrogen-bond donors (Lipinski definition) is 2. The fourth-order valence-corrected chi connectivity index (χ4v) is 2.50. The molecule has 4 nitrogen and oxygen atoms in total. The van der Waals surface area contributed by atoms with Gasteiger partial charge in [-0.05, 0) is 25.7 Å². The molecule has 0 aliphatic carbocycles. The Morgan fingerprint density at radius 3 is 1.35 bits per heavy atom. The molecule has 0 radical (unpaired) electrons. The van der Waals surface area contributed by atoms with Crippen molar-refractivity contribution in [2.24, 2.45) is 16.2 Å². The Hall–Kier alpha value is -0.160. The third-order valence-electron chi connectivity index (χ3n) is 5.48. The first-order valence-electron chi connectivity index (χ1n) is 9.15. The van der Waals surface area contributed by atoms with Gasteiger partial charge in [0.05, 0.1) is 39.6 Å². The van der Waals surface area contributed by atoms with Crippen molar-refractivity contribution in [3.8, 4) is 0 Å². The standard InChI is InChI=1S/C19H40O4/c1-7-18(8-2,12-21)14-23-16-19(9-3,10-4)15-22-13-17(5,6)11-20/h20-21H,7-16H2,1-6H3. The van der Waals surface area contributed by atoms with Gasteiger partial charge >= 0.3 is 0 Å². The zero-order valence-electron chi connectivity index (χ0n) is 16.3. The molecule has 0 spiro atoms. The third kappa shape index (κ3) is 7.51. The highest BCUT2D eigenvalue weighted by Gasteiger charge is 2.31. The highest BCUT2D eigenvalue weighted by Crippen LogP contribution is 2.31. The summed E-state index contributed by atoms with van der Waals surface area (Å²) in [6.45, 7) is 15.3. The summed E-state index contributed by atoms with van der Waals surface area (Å²) in [6.07, 6.45) is 3.83. The molecule has 0 aromatic heterocycles. The molecule has 0 unspecified atom stereocenters. The maximum atomic E-state index is 9.65. The zero-order chi connectivity index (χ0) is 18.0. The van der Waals surface area contributed by atoms with Gasteiger partial charge < -0.3 is 19.7 Å². The summed E-state index contributed by atoms with van der Waals surface area (Å²) in [6, 6.07) is 0. The van der Waals surface area contributed by atoms with Crippen molar-refractivity contribution in [2.75, 3.05) is 39.6 Å². The Balaban J connectivity index is 4.54. The topological polar surface area (TPSA) is 58.9 Å². The fraction of sp³-hybridized carbons (Fsp3) is 1.00. The molecule has 0 rings (SSSR count). The van der Waals surface area contributed by atoms with E-state index in [-0.39, 0.29) is 29.5 Å². The average molecular weight is 333 g/mol. The average Bonchev–Trinajstić information content (AvgIpc) is 2.57. The van der Waals surface area contributed by atoms with Crippen LogP contribution in [0.15, 0.2) is 0 Å². The third-order valence-corrected chi connectivity index (χ3v) is 5.48. The van der Waals surface area contributed by atoms with Crippen LogP contribution in [0.3, 0.4) is 0 Å². The summed E-state index contributed by atoms with van der Waals surface area (Å²) in [5, 5.41) is 19.0.